The third-order valence-electron chi connectivity index (χ3n) is 3.69. The summed E-state index contributed by atoms with van der Waals surface area (Å²) in [5.74, 6) is 1.41. The van der Waals surface area contributed by atoms with E-state index in [1.54, 1.807) is 6.08 Å². The van der Waals surface area contributed by atoms with Gasteiger partial charge in [-0.1, -0.05) is 12.1 Å². The van der Waals surface area contributed by atoms with Gasteiger partial charge in [0.05, 0.1) is 22.4 Å². The third kappa shape index (κ3) is 1.60. The second-order valence-electron chi connectivity index (χ2n) is 5.22. The van der Waals surface area contributed by atoms with Crippen molar-refractivity contribution < 1.29 is 5.11 Å². The van der Waals surface area contributed by atoms with Crippen molar-refractivity contribution in [2.75, 3.05) is 0 Å². The van der Waals surface area contributed by atoms with Crippen LogP contribution < -0.4 is 0 Å². The highest BCUT2D eigenvalue weighted by Gasteiger charge is 2.34. The Kier molecular flexibility index (Phi) is 2.17. The number of nitrogens with one attached hydrogen (secondary N) is 2. The molecule has 0 bridgehead atoms. The fourth-order valence-corrected chi connectivity index (χ4v) is 2.69. The molecule has 0 radical (unpaired) electrons. The minimum Gasteiger partial charge on any atom is -0.377 e. The van der Waals surface area contributed by atoms with Gasteiger partial charge in [-0.2, -0.15) is 0 Å². The van der Waals surface area contributed by atoms with Gasteiger partial charge < -0.3 is 15.1 Å². The summed E-state index contributed by atoms with van der Waals surface area (Å²) < 4.78 is 0. The van der Waals surface area contributed by atoms with Crippen molar-refractivity contribution in [1.29, 1.82) is 0 Å². The standard InChI is InChI=1S/C15H14N4O/c1-9-16-12-6-7-15(20,8-13(12)17-9)14-18-10-4-2-3-5-11(10)19-14/h2-7,20H,8H2,1H3,(H,16,17)(H,18,19). The Labute approximate surface area is 115 Å². The molecule has 4 rings (SSSR count). The van der Waals surface area contributed by atoms with Crippen LogP contribution in [0.2, 0.25) is 0 Å². The smallest absolute Gasteiger partial charge is 0.146 e. The van der Waals surface area contributed by atoms with Crippen LogP contribution in [0.3, 0.4) is 0 Å². The van der Waals surface area contributed by atoms with Crippen LogP contribution in [0.5, 0.6) is 0 Å². The van der Waals surface area contributed by atoms with Gasteiger partial charge in [-0.25, -0.2) is 9.97 Å². The largest absolute Gasteiger partial charge is 0.377 e. The van der Waals surface area contributed by atoms with E-state index in [2.05, 4.69) is 19.9 Å². The molecule has 0 saturated carbocycles. The van der Waals surface area contributed by atoms with Gasteiger partial charge in [0.15, 0.2) is 0 Å². The molecule has 1 atom stereocenters. The van der Waals surface area contributed by atoms with Gasteiger partial charge in [-0.3, -0.25) is 0 Å². The van der Waals surface area contributed by atoms with Crippen molar-refractivity contribution >= 4 is 17.1 Å². The zero-order valence-corrected chi connectivity index (χ0v) is 11.0. The van der Waals surface area contributed by atoms with E-state index in [1.165, 1.54) is 0 Å². The number of aryl methyl sites for hydroxylation is 1. The maximum Gasteiger partial charge on any atom is 0.146 e. The highest BCUT2D eigenvalue weighted by atomic mass is 16.3. The Balaban J connectivity index is 1.81. The van der Waals surface area contributed by atoms with E-state index < -0.39 is 5.60 Å². The van der Waals surface area contributed by atoms with Crippen LogP contribution in [-0.2, 0) is 12.0 Å². The predicted octanol–water partition coefficient (Wildman–Crippen LogP) is 2.05. The molecular weight excluding hydrogens is 252 g/mol. The molecule has 1 unspecified atom stereocenters. The molecule has 20 heavy (non-hydrogen) atoms. The first-order chi connectivity index (χ1) is 9.64. The molecule has 1 aromatic carbocycles. The van der Waals surface area contributed by atoms with E-state index in [1.807, 2.05) is 37.3 Å². The normalized spacial score (nSPS) is 21.3. The maximum atomic E-state index is 10.9. The molecule has 0 amide bonds. The third-order valence-corrected chi connectivity index (χ3v) is 3.69. The lowest BCUT2D eigenvalue weighted by Gasteiger charge is -2.24. The van der Waals surface area contributed by atoms with E-state index in [0.717, 1.165) is 28.2 Å². The van der Waals surface area contributed by atoms with Gasteiger partial charge >= 0.3 is 0 Å². The fourth-order valence-electron chi connectivity index (χ4n) is 2.69. The van der Waals surface area contributed by atoms with Crippen molar-refractivity contribution in [1.82, 2.24) is 19.9 Å². The van der Waals surface area contributed by atoms with Crippen LogP contribution >= 0.6 is 0 Å². The van der Waals surface area contributed by atoms with Crippen molar-refractivity contribution in [3.8, 4) is 0 Å². The Morgan fingerprint density at radius 1 is 1.20 bits per heavy atom. The Morgan fingerprint density at radius 2 is 2.05 bits per heavy atom. The molecular formula is C15H14N4O. The second kappa shape index (κ2) is 3.80. The monoisotopic (exact) mass is 266 g/mol. The van der Waals surface area contributed by atoms with Crippen LogP contribution in [0.25, 0.3) is 17.1 Å². The molecule has 0 spiro atoms. The van der Waals surface area contributed by atoms with Gasteiger partial charge in [0.25, 0.3) is 0 Å². The zero-order valence-electron chi connectivity index (χ0n) is 11.0. The van der Waals surface area contributed by atoms with Gasteiger partial charge in [-0.15, -0.1) is 0 Å². The molecule has 0 fully saturated rings. The first kappa shape index (κ1) is 11.4. The first-order valence-corrected chi connectivity index (χ1v) is 6.56. The number of hydrogen-bond acceptors (Lipinski definition) is 3. The summed E-state index contributed by atoms with van der Waals surface area (Å²) in [6.07, 6.45) is 4.06. The van der Waals surface area contributed by atoms with Gasteiger partial charge in [0, 0.05) is 6.42 Å². The summed E-state index contributed by atoms with van der Waals surface area (Å²) in [5, 5.41) is 10.9. The van der Waals surface area contributed by atoms with Crippen molar-refractivity contribution in [3.63, 3.8) is 0 Å². The van der Waals surface area contributed by atoms with Crippen LogP contribution in [0, 0.1) is 6.92 Å². The highest BCUT2D eigenvalue weighted by Crippen LogP contribution is 2.32. The predicted molar refractivity (Wildman–Crippen MR) is 76.1 cm³/mol. The summed E-state index contributed by atoms with van der Waals surface area (Å²) in [6.45, 7) is 1.91. The molecule has 0 aliphatic heterocycles. The van der Waals surface area contributed by atoms with Gasteiger partial charge in [0.1, 0.15) is 17.2 Å². The molecule has 0 saturated heterocycles. The number of aliphatic hydroxyl groups is 1. The minimum atomic E-state index is -1.13. The molecule has 1 aliphatic rings. The average Bonchev–Trinajstić information content (AvgIpc) is 3.00. The first-order valence-electron chi connectivity index (χ1n) is 6.56. The second-order valence-corrected chi connectivity index (χ2v) is 5.22. The lowest BCUT2D eigenvalue weighted by molar-refractivity contribution is 0.0797. The highest BCUT2D eigenvalue weighted by molar-refractivity contribution is 5.75. The molecule has 100 valence electrons. The van der Waals surface area contributed by atoms with Crippen molar-refractivity contribution in [2.45, 2.75) is 18.9 Å². The number of nitrogens with zero attached hydrogens (tertiary/aromatic N) is 2. The molecule has 1 aliphatic carbocycles. The van der Waals surface area contributed by atoms with E-state index >= 15 is 0 Å². The lowest BCUT2D eigenvalue weighted by atomic mass is 9.91. The van der Waals surface area contributed by atoms with Crippen LogP contribution in [-0.4, -0.2) is 25.0 Å². The average molecular weight is 266 g/mol. The molecule has 3 N–H and O–H groups in total. The number of aromatic amines is 2. The Morgan fingerprint density at radius 3 is 2.90 bits per heavy atom. The minimum absolute atomic E-state index is 0.420. The number of hydrogen-bond donors (Lipinski definition) is 3. The molecule has 2 heterocycles. The number of imidazole rings is 2. The van der Waals surface area contributed by atoms with Crippen LogP contribution in [0.1, 0.15) is 23.0 Å². The quantitative estimate of drug-likeness (QED) is 0.631. The molecule has 2 aromatic heterocycles. The zero-order chi connectivity index (χ0) is 13.7. The summed E-state index contributed by atoms with van der Waals surface area (Å²) >= 11 is 0. The Bertz CT molecular complexity index is 796. The number of rotatable bonds is 1. The van der Waals surface area contributed by atoms with Gasteiger partial charge in [0.2, 0.25) is 0 Å². The number of H-pyrrole nitrogens is 2. The summed E-state index contributed by atoms with van der Waals surface area (Å²) in [7, 11) is 0. The summed E-state index contributed by atoms with van der Waals surface area (Å²) in [4.78, 5) is 15.3. The van der Waals surface area contributed by atoms with E-state index in [-0.39, 0.29) is 0 Å². The molecule has 3 aromatic rings. The molecule has 5 heteroatoms. The van der Waals surface area contributed by atoms with Crippen LogP contribution in [0.15, 0.2) is 30.3 Å². The Hall–Kier alpha value is -2.40. The number of benzene rings is 1. The summed E-state index contributed by atoms with van der Waals surface area (Å²) in [5.41, 5.74) is 2.48. The fraction of sp³-hybridized carbons (Fsp3) is 0.200. The summed E-state index contributed by atoms with van der Waals surface area (Å²) in [6, 6.07) is 7.75. The SMILES string of the molecule is Cc1nc2c([nH]1)C=CC(O)(c1nc3ccccc3[nH]1)C2. The molecule has 5 nitrogen and oxygen atoms in total. The van der Waals surface area contributed by atoms with Crippen molar-refractivity contribution in [3.05, 3.63) is 53.4 Å². The van der Waals surface area contributed by atoms with Crippen LogP contribution in [0.4, 0.5) is 0 Å². The van der Waals surface area contributed by atoms with Gasteiger partial charge in [-0.05, 0) is 31.2 Å². The lowest BCUT2D eigenvalue weighted by Crippen LogP contribution is -2.29. The number of aromatic nitrogens is 4. The van der Waals surface area contributed by atoms with E-state index in [0.29, 0.717) is 12.2 Å². The maximum absolute atomic E-state index is 10.9. The van der Waals surface area contributed by atoms with E-state index in [4.69, 9.17) is 0 Å². The topological polar surface area (TPSA) is 77.6 Å². The van der Waals surface area contributed by atoms with E-state index in [9.17, 15) is 5.11 Å². The van der Waals surface area contributed by atoms with Crippen molar-refractivity contribution in [2.24, 2.45) is 0 Å². The number of para-hydroxylation sites is 2. The number of fused-ring (bicyclic) bond motifs is 2.